The van der Waals surface area contributed by atoms with Gasteiger partial charge in [0.2, 0.25) is 0 Å². The Hall–Kier alpha value is -1.84. The number of ether oxygens (including phenoxy) is 1. The third-order valence-corrected chi connectivity index (χ3v) is 3.16. The molecule has 0 unspecified atom stereocenters. The maximum atomic E-state index is 12.1. The molecule has 19 heavy (non-hydrogen) atoms. The van der Waals surface area contributed by atoms with Crippen LogP contribution in [0.3, 0.4) is 0 Å². The Morgan fingerprint density at radius 1 is 1.11 bits per heavy atom. The van der Waals surface area contributed by atoms with Crippen LogP contribution in [-0.2, 0) is 9.53 Å². The number of amides is 1. The van der Waals surface area contributed by atoms with Gasteiger partial charge < -0.3 is 10.1 Å². The molecule has 1 aromatic rings. The Morgan fingerprint density at radius 2 is 1.68 bits per heavy atom. The lowest BCUT2D eigenvalue weighted by atomic mass is 9.91. The van der Waals surface area contributed by atoms with Crippen molar-refractivity contribution in [2.24, 2.45) is 11.8 Å². The minimum atomic E-state index is -0.377. The Bertz CT molecular complexity index is 428. The summed E-state index contributed by atoms with van der Waals surface area (Å²) < 4.78 is 4.74. The van der Waals surface area contributed by atoms with E-state index in [1.54, 1.807) is 19.1 Å². The van der Waals surface area contributed by atoms with Crippen molar-refractivity contribution in [2.75, 3.05) is 7.11 Å². The third-order valence-electron chi connectivity index (χ3n) is 3.16. The number of carbonyl (C=O) groups is 2. The normalized spacial score (nSPS) is 13.7. The van der Waals surface area contributed by atoms with Crippen LogP contribution in [0.5, 0.6) is 0 Å². The highest BCUT2D eigenvalue weighted by atomic mass is 16.5. The van der Waals surface area contributed by atoms with Crippen LogP contribution in [0.15, 0.2) is 30.3 Å². The molecule has 1 rings (SSSR count). The SMILES string of the molecule is COC(=O)[C@@H](C)[C@@H](NC(=O)c1ccccc1)C(C)C. The molecule has 2 atom stereocenters. The second kappa shape index (κ2) is 6.92. The number of hydrogen-bond acceptors (Lipinski definition) is 3. The predicted molar refractivity (Wildman–Crippen MR) is 73.7 cm³/mol. The number of esters is 1. The first-order valence-corrected chi connectivity index (χ1v) is 6.41. The molecule has 4 heteroatoms. The van der Waals surface area contributed by atoms with Crippen molar-refractivity contribution < 1.29 is 14.3 Å². The van der Waals surface area contributed by atoms with E-state index >= 15 is 0 Å². The number of rotatable bonds is 5. The van der Waals surface area contributed by atoms with Crippen molar-refractivity contribution in [1.82, 2.24) is 5.32 Å². The number of hydrogen-bond donors (Lipinski definition) is 1. The van der Waals surface area contributed by atoms with E-state index in [9.17, 15) is 9.59 Å². The second-order valence-corrected chi connectivity index (χ2v) is 4.92. The smallest absolute Gasteiger partial charge is 0.310 e. The van der Waals surface area contributed by atoms with E-state index in [2.05, 4.69) is 5.32 Å². The summed E-state index contributed by atoms with van der Waals surface area (Å²) in [4.78, 5) is 23.7. The number of methoxy groups -OCH3 is 1. The summed E-state index contributed by atoms with van der Waals surface area (Å²) in [5.74, 6) is -0.721. The van der Waals surface area contributed by atoms with Gasteiger partial charge in [-0.3, -0.25) is 9.59 Å². The number of benzene rings is 1. The molecule has 1 N–H and O–H groups in total. The monoisotopic (exact) mass is 263 g/mol. The Morgan fingerprint density at radius 3 is 2.16 bits per heavy atom. The van der Waals surface area contributed by atoms with Gasteiger partial charge in [0.15, 0.2) is 0 Å². The van der Waals surface area contributed by atoms with Crippen LogP contribution in [0.25, 0.3) is 0 Å². The minimum Gasteiger partial charge on any atom is -0.469 e. The van der Waals surface area contributed by atoms with Gasteiger partial charge in [0.1, 0.15) is 0 Å². The van der Waals surface area contributed by atoms with E-state index in [1.165, 1.54) is 7.11 Å². The molecule has 0 fully saturated rings. The summed E-state index contributed by atoms with van der Waals surface area (Å²) in [7, 11) is 1.36. The molecule has 0 aliphatic heterocycles. The molecule has 0 saturated heterocycles. The standard InChI is InChI=1S/C15H21NO3/c1-10(2)13(11(3)15(18)19-4)16-14(17)12-8-6-5-7-9-12/h5-11,13H,1-4H3,(H,16,17)/t11-,13-/m0/s1. The van der Waals surface area contributed by atoms with Gasteiger partial charge in [0.05, 0.1) is 13.0 Å². The summed E-state index contributed by atoms with van der Waals surface area (Å²) in [6.07, 6.45) is 0. The quantitative estimate of drug-likeness (QED) is 0.829. The van der Waals surface area contributed by atoms with E-state index in [0.717, 1.165) is 0 Å². The highest BCUT2D eigenvalue weighted by Crippen LogP contribution is 2.15. The fourth-order valence-electron chi connectivity index (χ4n) is 2.03. The van der Waals surface area contributed by atoms with Crippen LogP contribution in [0.2, 0.25) is 0 Å². The fraction of sp³-hybridized carbons (Fsp3) is 0.467. The second-order valence-electron chi connectivity index (χ2n) is 4.92. The molecule has 1 aromatic carbocycles. The summed E-state index contributed by atoms with van der Waals surface area (Å²) in [5.41, 5.74) is 0.588. The van der Waals surface area contributed by atoms with Crippen molar-refractivity contribution in [3.63, 3.8) is 0 Å². The van der Waals surface area contributed by atoms with Crippen molar-refractivity contribution in [3.8, 4) is 0 Å². The third kappa shape index (κ3) is 4.09. The van der Waals surface area contributed by atoms with Crippen molar-refractivity contribution in [2.45, 2.75) is 26.8 Å². The molecular weight excluding hydrogens is 242 g/mol. The minimum absolute atomic E-state index is 0.141. The molecule has 104 valence electrons. The summed E-state index contributed by atoms with van der Waals surface area (Å²) in [6, 6.07) is 8.71. The number of nitrogens with one attached hydrogen (secondary N) is 1. The molecule has 4 nitrogen and oxygen atoms in total. The van der Waals surface area contributed by atoms with Gasteiger partial charge >= 0.3 is 5.97 Å². The Balaban J connectivity index is 2.80. The zero-order valence-corrected chi connectivity index (χ0v) is 11.8. The van der Waals surface area contributed by atoms with Crippen molar-refractivity contribution >= 4 is 11.9 Å². The fourth-order valence-corrected chi connectivity index (χ4v) is 2.03. The lowest BCUT2D eigenvalue weighted by Crippen LogP contribution is -2.45. The lowest BCUT2D eigenvalue weighted by Gasteiger charge is -2.26. The molecular formula is C15H21NO3. The van der Waals surface area contributed by atoms with Gasteiger partial charge in [-0.25, -0.2) is 0 Å². The van der Waals surface area contributed by atoms with Crippen LogP contribution >= 0.6 is 0 Å². The first kappa shape index (κ1) is 15.2. The van der Waals surface area contributed by atoms with Crippen LogP contribution in [0, 0.1) is 11.8 Å². The van der Waals surface area contributed by atoms with Gasteiger partial charge in [0, 0.05) is 11.6 Å². The molecule has 0 saturated carbocycles. The van der Waals surface area contributed by atoms with E-state index in [-0.39, 0.29) is 29.8 Å². The molecule has 0 aromatic heterocycles. The largest absolute Gasteiger partial charge is 0.469 e. The van der Waals surface area contributed by atoms with Gasteiger partial charge in [-0.15, -0.1) is 0 Å². The molecule has 1 amide bonds. The topological polar surface area (TPSA) is 55.4 Å². The Labute approximate surface area is 114 Å². The highest BCUT2D eigenvalue weighted by Gasteiger charge is 2.28. The summed E-state index contributed by atoms with van der Waals surface area (Å²) >= 11 is 0. The van der Waals surface area contributed by atoms with E-state index in [0.29, 0.717) is 5.56 Å². The van der Waals surface area contributed by atoms with Crippen molar-refractivity contribution in [1.29, 1.82) is 0 Å². The maximum Gasteiger partial charge on any atom is 0.310 e. The number of carbonyl (C=O) groups excluding carboxylic acids is 2. The average Bonchev–Trinajstić information content (AvgIpc) is 2.43. The molecule has 0 aliphatic carbocycles. The van der Waals surface area contributed by atoms with Crippen LogP contribution < -0.4 is 5.32 Å². The molecule has 0 heterocycles. The Kier molecular flexibility index (Phi) is 5.55. The van der Waals surface area contributed by atoms with Crippen LogP contribution in [0.1, 0.15) is 31.1 Å². The van der Waals surface area contributed by atoms with Crippen LogP contribution in [0.4, 0.5) is 0 Å². The van der Waals surface area contributed by atoms with E-state index in [1.807, 2.05) is 32.0 Å². The zero-order valence-electron chi connectivity index (χ0n) is 11.8. The van der Waals surface area contributed by atoms with Gasteiger partial charge in [0.25, 0.3) is 5.91 Å². The first-order chi connectivity index (χ1) is 8.97. The lowest BCUT2D eigenvalue weighted by molar-refractivity contribution is -0.146. The van der Waals surface area contributed by atoms with Gasteiger partial charge in [-0.2, -0.15) is 0 Å². The maximum absolute atomic E-state index is 12.1. The molecule has 0 radical (unpaired) electrons. The average molecular weight is 263 g/mol. The highest BCUT2D eigenvalue weighted by molar-refractivity contribution is 5.94. The van der Waals surface area contributed by atoms with Crippen molar-refractivity contribution in [3.05, 3.63) is 35.9 Å². The van der Waals surface area contributed by atoms with Crippen LogP contribution in [-0.4, -0.2) is 25.0 Å². The van der Waals surface area contributed by atoms with E-state index in [4.69, 9.17) is 4.74 Å². The zero-order chi connectivity index (χ0) is 14.4. The van der Waals surface area contributed by atoms with E-state index < -0.39 is 0 Å². The molecule has 0 spiro atoms. The van der Waals surface area contributed by atoms with Gasteiger partial charge in [-0.1, -0.05) is 32.0 Å². The summed E-state index contributed by atoms with van der Waals surface area (Å²) in [6.45, 7) is 5.70. The van der Waals surface area contributed by atoms with Gasteiger partial charge in [-0.05, 0) is 25.0 Å². The molecule has 0 aliphatic rings. The predicted octanol–water partition coefficient (Wildman–Crippen LogP) is 2.25. The first-order valence-electron chi connectivity index (χ1n) is 6.41. The molecule has 0 bridgehead atoms. The summed E-state index contributed by atoms with van der Waals surface area (Å²) in [5, 5.41) is 2.91.